The van der Waals surface area contributed by atoms with Crippen molar-refractivity contribution in [3.63, 3.8) is 0 Å². The number of methoxy groups -OCH3 is 2. The average molecular weight is 226 g/mol. The van der Waals surface area contributed by atoms with E-state index < -0.39 is 0 Å². The molecule has 2 aliphatic rings. The van der Waals surface area contributed by atoms with E-state index in [4.69, 9.17) is 9.47 Å². The summed E-state index contributed by atoms with van der Waals surface area (Å²) in [4.78, 5) is 0. The smallest absolute Gasteiger partial charge is 0.0652 e. The van der Waals surface area contributed by atoms with Crippen LogP contribution in [0.4, 0.5) is 0 Å². The van der Waals surface area contributed by atoms with Crippen molar-refractivity contribution in [1.29, 1.82) is 0 Å². The van der Waals surface area contributed by atoms with Gasteiger partial charge in [-0.3, -0.25) is 0 Å². The van der Waals surface area contributed by atoms with Crippen molar-refractivity contribution >= 4 is 0 Å². The first-order chi connectivity index (χ1) is 7.83. The molecule has 2 heteroatoms. The van der Waals surface area contributed by atoms with E-state index in [1.165, 1.54) is 51.4 Å². The van der Waals surface area contributed by atoms with Gasteiger partial charge in [-0.05, 0) is 31.6 Å². The van der Waals surface area contributed by atoms with Gasteiger partial charge in [-0.25, -0.2) is 0 Å². The molecular weight excluding hydrogens is 200 g/mol. The van der Waals surface area contributed by atoms with E-state index in [-0.39, 0.29) is 0 Å². The molecule has 2 rings (SSSR count). The lowest BCUT2D eigenvalue weighted by Crippen LogP contribution is -2.43. The predicted molar refractivity (Wildman–Crippen MR) is 65.5 cm³/mol. The summed E-state index contributed by atoms with van der Waals surface area (Å²) in [5.74, 6) is 0.841. The lowest BCUT2D eigenvalue weighted by atomic mass is 9.67. The second-order valence-electron chi connectivity index (χ2n) is 5.62. The van der Waals surface area contributed by atoms with Crippen LogP contribution in [0.2, 0.25) is 0 Å². The van der Waals surface area contributed by atoms with Crippen LogP contribution in [0.15, 0.2) is 0 Å². The Morgan fingerprint density at radius 1 is 1.00 bits per heavy atom. The number of rotatable bonds is 4. The summed E-state index contributed by atoms with van der Waals surface area (Å²) in [7, 11) is 3.72. The van der Waals surface area contributed by atoms with Gasteiger partial charge in [0.2, 0.25) is 0 Å². The maximum absolute atomic E-state index is 5.75. The summed E-state index contributed by atoms with van der Waals surface area (Å²) >= 11 is 0. The molecule has 0 aromatic carbocycles. The van der Waals surface area contributed by atoms with Crippen LogP contribution in [0.25, 0.3) is 0 Å². The zero-order chi connectivity index (χ0) is 11.4. The molecule has 0 aliphatic heterocycles. The molecular formula is C14H26O2. The van der Waals surface area contributed by atoms with Gasteiger partial charge in [0, 0.05) is 19.6 Å². The van der Waals surface area contributed by atoms with E-state index in [1.807, 2.05) is 14.2 Å². The summed E-state index contributed by atoms with van der Waals surface area (Å²) in [6.07, 6.45) is 11.3. The van der Waals surface area contributed by atoms with E-state index in [0.717, 1.165) is 12.5 Å². The first-order valence-corrected chi connectivity index (χ1v) is 6.85. The normalized spacial score (nSPS) is 36.8. The highest BCUT2D eigenvalue weighted by atomic mass is 16.5. The second kappa shape index (κ2) is 5.50. The highest BCUT2D eigenvalue weighted by Gasteiger charge is 2.48. The molecule has 0 heterocycles. The van der Waals surface area contributed by atoms with Crippen LogP contribution in [-0.4, -0.2) is 26.9 Å². The highest BCUT2D eigenvalue weighted by molar-refractivity contribution is 4.98. The van der Waals surface area contributed by atoms with Crippen molar-refractivity contribution in [2.24, 2.45) is 11.3 Å². The van der Waals surface area contributed by atoms with E-state index in [2.05, 4.69) is 0 Å². The Morgan fingerprint density at radius 2 is 1.75 bits per heavy atom. The van der Waals surface area contributed by atoms with Gasteiger partial charge in [0.1, 0.15) is 0 Å². The predicted octanol–water partition coefficient (Wildman–Crippen LogP) is 3.40. The van der Waals surface area contributed by atoms with Crippen molar-refractivity contribution in [3.8, 4) is 0 Å². The molecule has 0 amide bonds. The molecule has 2 saturated carbocycles. The van der Waals surface area contributed by atoms with E-state index >= 15 is 0 Å². The van der Waals surface area contributed by atoms with Crippen LogP contribution in [0, 0.1) is 11.3 Å². The minimum Gasteiger partial charge on any atom is -0.384 e. The third-order valence-corrected chi connectivity index (χ3v) is 4.87. The molecule has 0 aromatic rings. The molecule has 94 valence electrons. The Bertz CT molecular complexity index is 211. The summed E-state index contributed by atoms with van der Waals surface area (Å²) in [6.45, 7) is 0.899. The van der Waals surface area contributed by atoms with Gasteiger partial charge >= 0.3 is 0 Å². The Hall–Kier alpha value is -0.0800. The van der Waals surface area contributed by atoms with Gasteiger partial charge in [0.25, 0.3) is 0 Å². The molecule has 0 N–H and O–H groups in total. The molecule has 16 heavy (non-hydrogen) atoms. The van der Waals surface area contributed by atoms with Gasteiger partial charge in [-0.2, -0.15) is 0 Å². The van der Waals surface area contributed by atoms with Gasteiger partial charge < -0.3 is 9.47 Å². The number of ether oxygens (including phenoxy) is 2. The molecule has 0 radical (unpaired) electrons. The van der Waals surface area contributed by atoms with E-state index in [0.29, 0.717) is 11.5 Å². The van der Waals surface area contributed by atoms with Crippen molar-refractivity contribution in [1.82, 2.24) is 0 Å². The third-order valence-electron chi connectivity index (χ3n) is 4.87. The molecule has 2 aliphatic carbocycles. The zero-order valence-corrected chi connectivity index (χ0v) is 10.8. The Labute approximate surface area is 99.7 Å². The van der Waals surface area contributed by atoms with Crippen molar-refractivity contribution in [3.05, 3.63) is 0 Å². The van der Waals surface area contributed by atoms with E-state index in [9.17, 15) is 0 Å². The summed E-state index contributed by atoms with van der Waals surface area (Å²) in [6, 6.07) is 0. The minimum absolute atomic E-state index is 0.337. The maximum atomic E-state index is 5.75. The van der Waals surface area contributed by atoms with Crippen LogP contribution in [-0.2, 0) is 9.47 Å². The fraction of sp³-hybridized carbons (Fsp3) is 1.00. The minimum atomic E-state index is 0.337. The fourth-order valence-corrected chi connectivity index (χ4v) is 4.11. The first kappa shape index (κ1) is 12.4. The quantitative estimate of drug-likeness (QED) is 0.731. The zero-order valence-electron chi connectivity index (χ0n) is 10.8. The third kappa shape index (κ3) is 2.14. The molecule has 0 saturated heterocycles. The molecule has 2 unspecified atom stereocenters. The van der Waals surface area contributed by atoms with E-state index in [1.54, 1.807) is 0 Å². The Balaban J connectivity index is 2.12. The lowest BCUT2D eigenvalue weighted by molar-refractivity contribution is -0.0776. The van der Waals surface area contributed by atoms with Crippen molar-refractivity contribution in [2.75, 3.05) is 20.8 Å². The molecule has 0 aromatic heterocycles. The van der Waals surface area contributed by atoms with Gasteiger partial charge in [0.15, 0.2) is 0 Å². The molecule has 0 bridgehead atoms. The molecule has 2 atom stereocenters. The van der Waals surface area contributed by atoms with Crippen molar-refractivity contribution < 1.29 is 9.47 Å². The maximum Gasteiger partial charge on any atom is 0.0652 e. The van der Waals surface area contributed by atoms with Gasteiger partial charge in [0.05, 0.1) is 12.7 Å². The second-order valence-corrected chi connectivity index (χ2v) is 5.62. The number of hydrogen-bond donors (Lipinski definition) is 0. The number of hydrogen-bond acceptors (Lipinski definition) is 2. The lowest BCUT2D eigenvalue weighted by Gasteiger charge is -2.43. The SMILES string of the molecule is COCC1(C2CCCCC2)CCCC1OC. The van der Waals surface area contributed by atoms with Gasteiger partial charge in [-0.1, -0.05) is 25.7 Å². The topological polar surface area (TPSA) is 18.5 Å². The van der Waals surface area contributed by atoms with Crippen LogP contribution < -0.4 is 0 Å². The summed E-state index contributed by atoms with van der Waals surface area (Å²) in [5, 5.41) is 0. The molecule has 2 nitrogen and oxygen atoms in total. The monoisotopic (exact) mass is 226 g/mol. The highest BCUT2D eigenvalue weighted by Crippen LogP contribution is 2.50. The summed E-state index contributed by atoms with van der Waals surface area (Å²) < 4.78 is 11.3. The Morgan fingerprint density at radius 3 is 2.38 bits per heavy atom. The molecule has 0 spiro atoms. The first-order valence-electron chi connectivity index (χ1n) is 6.85. The standard InChI is InChI=1S/C14H26O2/c1-15-11-14(10-6-9-13(14)16-2)12-7-4-3-5-8-12/h12-13H,3-11H2,1-2H3. The van der Waals surface area contributed by atoms with Crippen LogP contribution in [0.1, 0.15) is 51.4 Å². The van der Waals surface area contributed by atoms with Crippen LogP contribution in [0.3, 0.4) is 0 Å². The summed E-state index contributed by atoms with van der Waals surface area (Å²) in [5.41, 5.74) is 0.337. The Kier molecular flexibility index (Phi) is 4.26. The largest absolute Gasteiger partial charge is 0.384 e. The average Bonchev–Trinajstić information content (AvgIpc) is 2.75. The van der Waals surface area contributed by atoms with Crippen molar-refractivity contribution in [2.45, 2.75) is 57.5 Å². The molecule has 2 fully saturated rings. The van der Waals surface area contributed by atoms with Crippen LogP contribution in [0.5, 0.6) is 0 Å². The van der Waals surface area contributed by atoms with Crippen LogP contribution >= 0.6 is 0 Å². The van der Waals surface area contributed by atoms with Gasteiger partial charge in [-0.15, -0.1) is 0 Å². The fourth-order valence-electron chi connectivity index (χ4n) is 4.11.